The van der Waals surface area contributed by atoms with Gasteiger partial charge in [-0.3, -0.25) is 9.59 Å². The zero-order chi connectivity index (χ0) is 19.4. The number of carbonyl (C=O) groups excluding carboxylic acids is 1. The number of benzene rings is 1. The first kappa shape index (κ1) is 18.8. The summed E-state index contributed by atoms with van der Waals surface area (Å²) in [4.78, 5) is 29.8. The lowest BCUT2D eigenvalue weighted by Gasteiger charge is -2.24. The van der Waals surface area contributed by atoms with Crippen molar-refractivity contribution in [2.24, 2.45) is 0 Å². The number of aromatic nitrogens is 2. The molecule has 0 radical (unpaired) electrons. The Morgan fingerprint density at radius 1 is 1.37 bits per heavy atom. The summed E-state index contributed by atoms with van der Waals surface area (Å²) in [7, 11) is 1.56. The van der Waals surface area contributed by atoms with Gasteiger partial charge in [0, 0.05) is 26.6 Å². The number of hydrogen-bond acceptors (Lipinski definition) is 7. The maximum atomic E-state index is 13.1. The van der Waals surface area contributed by atoms with Gasteiger partial charge in [-0.15, -0.1) is 0 Å². The van der Waals surface area contributed by atoms with Gasteiger partial charge in [-0.2, -0.15) is 4.98 Å². The lowest BCUT2D eigenvalue weighted by Crippen LogP contribution is -2.37. The number of para-hydroxylation sites is 1. The maximum Gasteiger partial charge on any atom is 0.305 e. The lowest BCUT2D eigenvalue weighted by atomic mass is 10.1. The number of carbonyl (C=O) groups is 2. The molecule has 27 heavy (non-hydrogen) atoms. The van der Waals surface area contributed by atoms with E-state index in [0.717, 1.165) is 0 Å². The minimum atomic E-state index is -0.952. The molecular formula is C18H21N3O6. The number of ether oxygens (including phenoxy) is 2. The second-order valence-corrected chi connectivity index (χ2v) is 6.32. The normalized spacial score (nSPS) is 19.3. The molecule has 9 nitrogen and oxygen atoms in total. The van der Waals surface area contributed by atoms with Gasteiger partial charge in [0.1, 0.15) is 5.75 Å². The summed E-state index contributed by atoms with van der Waals surface area (Å²) in [6.45, 7) is 2.07. The zero-order valence-corrected chi connectivity index (χ0v) is 15.1. The van der Waals surface area contributed by atoms with Crippen LogP contribution < -0.4 is 4.74 Å². The van der Waals surface area contributed by atoms with Gasteiger partial charge in [-0.05, 0) is 18.6 Å². The van der Waals surface area contributed by atoms with Gasteiger partial charge in [0.15, 0.2) is 6.61 Å². The third-order valence-electron chi connectivity index (χ3n) is 4.42. The molecule has 0 saturated carbocycles. The summed E-state index contributed by atoms with van der Waals surface area (Å²) in [5.41, 5.74) is 0.352. The molecule has 1 aromatic heterocycles. The van der Waals surface area contributed by atoms with Gasteiger partial charge in [0.25, 0.3) is 5.91 Å². The fourth-order valence-electron chi connectivity index (χ4n) is 3.15. The summed E-state index contributed by atoms with van der Waals surface area (Å²) in [5, 5.41) is 12.9. The monoisotopic (exact) mass is 375 g/mol. The lowest BCUT2D eigenvalue weighted by molar-refractivity contribution is -0.137. The molecule has 2 aromatic rings. The predicted molar refractivity (Wildman–Crippen MR) is 92.3 cm³/mol. The molecule has 9 heteroatoms. The van der Waals surface area contributed by atoms with Crippen molar-refractivity contribution in [3.63, 3.8) is 0 Å². The van der Waals surface area contributed by atoms with Crippen molar-refractivity contribution in [1.29, 1.82) is 0 Å². The van der Waals surface area contributed by atoms with E-state index >= 15 is 0 Å². The van der Waals surface area contributed by atoms with Gasteiger partial charge in [0.05, 0.1) is 18.1 Å². The minimum absolute atomic E-state index is 0.0564. The molecule has 1 aliphatic heterocycles. The van der Waals surface area contributed by atoms with Crippen molar-refractivity contribution in [1.82, 2.24) is 15.0 Å². The van der Waals surface area contributed by atoms with Crippen LogP contribution in [-0.2, 0) is 16.1 Å². The first-order valence-corrected chi connectivity index (χ1v) is 8.54. The third-order valence-corrected chi connectivity index (χ3v) is 4.42. The van der Waals surface area contributed by atoms with Crippen LogP contribution in [0.3, 0.4) is 0 Å². The van der Waals surface area contributed by atoms with Crippen LogP contribution in [0.5, 0.6) is 5.75 Å². The number of hydrogen-bond donors (Lipinski definition) is 1. The fourth-order valence-corrected chi connectivity index (χ4v) is 3.15. The number of methoxy groups -OCH3 is 1. The van der Waals surface area contributed by atoms with E-state index in [1.807, 2.05) is 0 Å². The Morgan fingerprint density at radius 3 is 2.81 bits per heavy atom. The third kappa shape index (κ3) is 4.43. The van der Waals surface area contributed by atoms with E-state index in [2.05, 4.69) is 10.1 Å². The molecule has 0 aliphatic carbocycles. The highest BCUT2D eigenvalue weighted by Crippen LogP contribution is 2.28. The van der Waals surface area contributed by atoms with Crippen molar-refractivity contribution in [2.75, 3.05) is 13.7 Å². The number of carboxylic acid groups (broad SMARTS) is 1. The van der Waals surface area contributed by atoms with Gasteiger partial charge >= 0.3 is 5.97 Å². The smallest absolute Gasteiger partial charge is 0.305 e. The van der Waals surface area contributed by atoms with Crippen LogP contribution in [-0.4, -0.2) is 57.8 Å². The summed E-state index contributed by atoms with van der Waals surface area (Å²) in [6, 6.07) is 6.39. The predicted octanol–water partition coefficient (Wildman–Crippen LogP) is 1.66. The Balaban J connectivity index is 1.78. The van der Waals surface area contributed by atoms with Crippen molar-refractivity contribution in [3.8, 4) is 5.75 Å². The van der Waals surface area contributed by atoms with Crippen LogP contribution >= 0.6 is 0 Å². The Labute approximate surface area is 155 Å². The number of amides is 1. The molecule has 1 aromatic carbocycles. The number of likely N-dealkylation sites (tertiary alicyclic amines) is 1. The molecule has 144 valence electrons. The molecule has 2 heterocycles. The molecule has 2 atom stereocenters. The number of aryl methyl sites for hydroxylation is 1. The summed E-state index contributed by atoms with van der Waals surface area (Å²) < 4.78 is 15.9. The van der Waals surface area contributed by atoms with Crippen molar-refractivity contribution >= 4 is 11.9 Å². The highest BCUT2D eigenvalue weighted by Gasteiger charge is 2.37. The minimum Gasteiger partial charge on any atom is -0.485 e. The molecule has 0 spiro atoms. The van der Waals surface area contributed by atoms with E-state index < -0.39 is 12.0 Å². The van der Waals surface area contributed by atoms with E-state index in [1.165, 1.54) is 0 Å². The Morgan fingerprint density at radius 2 is 2.15 bits per heavy atom. The first-order chi connectivity index (χ1) is 13.0. The number of nitrogens with zero attached hydrogens (tertiary/aromatic N) is 3. The van der Waals surface area contributed by atoms with Crippen molar-refractivity contribution < 1.29 is 28.7 Å². The zero-order valence-electron chi connectivity index (χ0n) is 15.1. The Hall–Kier alpha value is -2.94. The van der Waals surface area contributed by atoms with Gasteiger partial charge in [-0.25, -0.2) is 0 Å². The Kier molecular flexibility index (Phi) is 5.70. The Bertz CT molecular complexity index is 821. The fraction of sp³-hybridized carbons (Fsp3) is 0.444. The number of aliphatic carboxylic acids is 1. The molecular weight excluding hydrogens is 354 g/mol. The highest BCUT2D eigenvalue weighted by molar-refractivity contribution is 5.97. The van der Waals surface area contributed by atoms with Crippen LogP contribution in [0.15, 0.2) is 28.8 Å². The highest BCUT2D eigenvalue weighted by atomic mass is 16.5. The standard InChI is InChI=1S/C18H21N3O6/c1-11-19-16(20-27-11)10-26-15-6-4-3-5-14(15)18(24)21-9-13(25-2)7-12(21)8-17(22)23/h3-6,12-13H,7-10H2,1-2H3,(H,22,23). The number of rotatable bonds is 7. The maximum absolute atomic E-state index is 13.1. The van der Waals surface area contributed by atoms with Crippen LogP contribution in [0.1, 0.15) is 34.9 Å². The largest absolute Gasteiger partial charge is 0.485 e. The summed E-state index contributed by atoms with van der Waals surface area (Å²) in [5.74, 6) is -0.0663. The summed E-state index contributed by atoms with van der Waals surface area (Å²) >= 11 is 0. The van der Waals surface area contributed by atoms with Crippen molar-refractivity contribution in [2.45, 2.75) is 38.5 Å². The van der Waals surface area contributed by atoms with Crippen LogP contribution in [0.2, 0.25) is 0 Å². The first-order valence-electron chi connectivity index (χ1n) is 8.54. The van der Waals surface area contributed by atoms with E-state index in [9.17, 15) is 9.59 Å². The average molecular weight is 375 g/mol. The molecule has 2 unspecified atom stereocenters. The molecule has 1 N–H and O–H groups in total. The van der Waals surface area contributed by atoms with E-state index in [0.29, 0.717) is 36.0 Å². The van der Waals surface area contributed by atoms with E-state index in [4.69, 9.17) is 19.1 Å². The second kappa shape index (κ2) is 8.17. The second-order valence-electron chi connectivity index (χ2n) is 6.32. The molecule has 3 rings (SSSR count). The molecule has 1 amide bonds. The van der Waals surface area contributed by atoms with Crippen LogP contribution in [0, 0.1) is 6.92 Å². The molecule has 1 aliphatic rings. The van der Waals surface area contributed by atoms with Crippen LogP contribution in [0.25, 0.3) is 0 Å². The number of carboxylic acids is 1. The molecule has 0 bridgehead atoms. The van der Waals surface area contributed by atoms with E-state index in [-0.39, 0.29) is 25.0 Å². The summed E-state index contributed by atoms with van der Waals surface area (Å²) in [6.07, 6.45) is 0.171. The van der Waals surface area contributed by atoms with Gasteiger partial charge in [-0.1, -0.05) is 17.3 Å². The van der Waals surface area contributed by atoms with Gasteiger partial charge < -0.3 is 24.0 Å². The molecule has 1 saturated heterocycles. The molecule has 1 fully saturated rings. The van der Waals surface area contributed by atoms with Gasteiger partial charge in [0.2, 0.25) is 11.7 Å². The SMILES string of the molecule is COC1CC(CC(=O)O)N(C(=O)c2ccccc2OCc2noc(C)n2)C1. The topological polar surface area (TPSA) is 115 Å². The van der Waals surface area contributed by atoms with Crippen LogP contribution in [0.4, 0.5) is 0 Å². The van der Waals surface area contributed by atoms with Crippen molar-refractivity contribution in [3.05, 3.63) is 41.5 Å². The average Bonchev–Trinajstić information content (AvgIpc) is 3.25. The quantitative estimate of drug-likeness (QED) is 0.777. The van der Waals surface area contributed by atoms with E-state index in [1.54, 1.807) is 43.2 Å².